The van der Waals surface area contributed by atoms with E-state index in [0.29, 0.717) is 12.2 Å². The fourth-order valence-electron chi connectivity index (χ4n) is 2.09. The highest BCUT2D eigenvalue weighted by atomic mass is 16.5. The molecule has 2 aromatic rings. The van der Waals surface area contributed by atoms with Gasteiger partial charge in [-0.25, -0.2) is 4.79 Å². The standard InChI is InChI=1S/C15H19NO4/c1-10-12-9-11(16(2)7-8-18-3)5-6-13(12)20-14(10)15(17)19-4/h5-6,9H,7-8H2,1-4H3. The second kappa shape index (κ2) is 5.96. The topological polar surface area (TPSA) is 51.9 Å². The lowest BCUT2D eigenvalue weighted by Crippen LogP contribution is -2.21. The first-order valence-corrected chi connectivity index (χ1v) is 6.40. The van der Waals surface area contributed by atoms with Gasteiger partial charge in [-0.05, 0) is 25.1 Å². The predicted octanol–water partition coefficient (Wildman–Crippen LogP) is 2.61. The van der Waals surface area contributed by atoms with Gasteiger partial charge in [0.1, 0.15) is 5.58 Å². The number of hydrogen-bond acceptors (Lipinski definition) is 5. The Morgan fingerprint density at radius 2 is 2.10 bits per heavy atom. The molecule has 0 N–H and O–H groups in total. The van der Waals surface area contributed by atoms with Crippen LogP contribution in [0.15, 0.2) is 22.6 Å². The molecule has 0 aliphatic heterocycles. The maximum absolute atomic E-state index is 11.6. The average Bonchev–Trinajstić information content (AvgIpc) is 2.80. The summed E-state index contributed by atoms with van der Waals surface area (Å²) in [5.41, 5.74) is 2.54. The Morgan fingerprint density at radius 1 is 1.35 bits per heavy atom. The molecule has 108 valence electrons. The van der Waals surface area contributed by atoms with E-state index in [-0.39, 0.29) is 5.76 Å². The van der Waals surface area contributed by atoms with Gasteiger partial charge in [-0.2, -0.15) is 0 Å². The van der Waals surface area contributed by atoms with E-state index in [1.165, 1.54) is 7.11 Å². The molecule has 0 aliphatic carbocycles. The molecular formula is C15H19NO4. The van der Waals surface area contributed by atoms with Crippen molar-refractivity contribution < 1.29 is 18.7 Å². The molecule has 0 radical (unpaired) electrons. The second-order valence-electron chi connectivity index (χ2n) is 4.64. The van der Waals surface area contributed by atoms with Crippen molar-refractivity contribution in [3.63, 3.8) is 0 Å². The van der Waals surface area contributed by atoms with Crippen LogP contribution in [0.1, 0.15) is 16.1 Å². The van der Waals surface area contributed by atoms with Crippen molar-refractivity contribution in [1.29, 1.82) is 0 Å². The van der Waals surface area contributed by atoms with Gasteiger partial charge in [-0.3, -0.25) is 0 Å². The summed E-state index contributed by atoms with van der Waals surface area (Å²) in [6.45, 7) is 3.31. The summed E-state index contributed by atoms with van der Waals surface area (Å²) < 4.78 is 15.3. The van der Waals surface area contributed by atoms with Crippen LogP contribution in [0.5, 0.6) is 0 Å². The minimum Gasteiger partial charge on any atom is -0.463 e. The predicted molar refractivity (Wildman–Crippen MR) is 77.4 cm³/mol. The number of methoxy groups -OCH3 is 2. The molecule has 0 aliphatic rings. The third-order valence-electron chi connectivity index (χ3n) is 3.36. The minimum absolute atomic E-state index is 0.263. The highest BCUT2D eigenvalue weighted by Crippen LogP contribution is 2.29. The van der Waals surface area contributed by atoms with Crippen LogP contribution >= 0.6 is 0 Å². The molecule has 20 heavy (non-hydrogen) atoms. The van der Waals surface area contributed by atoms with Crippen LogP contribution in [-0.4, -0.2) is 40.4 Å². The zero-order valence-corrected chi connectivity index (χ0v) is 12.2. The summed E-state index contributed by atoms with van der Waals surface area (Å²) in [6, 6.07) is 5.84. The van der Waals surface area contributed by atoms with Crippen molar-refractivity contribution in [3.8, 4) is 0 Å². The third-order valence-corrected chi connectivity index (χ3v) is 3.36. The fraction of sp³-hybridized carbons (Fsp3) is 0.400. The Hall–Kier alpha value is -2.01. The number of benzene rings is 1. The SMILES string of the molecule is COCCN(C)c1ccc2oc(C(=O)OC)c(C)c2c1. The molecule has 0 atom stereocenters. The number of anilines is 1. The second-order valence-corrected chi connectivity index (χ2v) is 4.64. The minimum atomic E-state index is -0.451. The van der Waals surface area contributed by atoms with Crippen LogP contribution in [0.2, 0.25) is 0 Å². The fourth-order valence-corrected chi connectivity index (χ4v) is 2.09. The number of carbonyl (C=O) groups is 1. The van der Waals surface area contributed by atoms with E-state index in [1.807, 2.05) is 32.2 Å². The van der Waals surface area contributed by atoms with Gasteiger partial charge in [0.2, 0.25) is 5.76 Å². The van der Waals surface area contributed by atoms with E-state index in [4.69, 9.17) is 13.9 Å². The Bertz CT molecular complexity index is 618. The van der Waals surface area contributed by atoms with E-state index >= 15 is 0 Å². The number of rotatable bonds is 5. The number of likely N-dealkylation sites (N-methyl/N-ethyl adjacent to an activating group) is 1. The van der Waals surface area contributed by atoms with Gasteiger partial charge in [0, 0.05) is 37.3 Å². The molecule has 5 nitrogen and oxygen atoms in total. The summed E-state index contributed by atoms with van der Waals surface area (Å²) >= 11 is 0. The Morgan fingerprint density at radius 3 is 2.75 bits per heavy atom. The molecule has 0 bridgehead atoms. The number of aryl methyl sites for hydroxylation is 1. The molecule has 0 fully saturated rings. The number of ether oxygens (including phenoxy) is 2. The van der Waals surface area contributed by atoms with Crippen molar-refractivity contribution in [1.82, 2.24) is 0 Å². The zero-order chi connectivity index (χ0) is 14.7. The molecule has 1 aromatic heterocycles. The van der Waals surface area contributed by atoms with E-state index in [9.17, 15) is 4.79 Å². The van der Waals surface area contributed by atoms with Gasteiger partial charge in [-0.1, -0.05) is 0 Å². The highest BCUT2D eigenvalue weighted by Gasteiger charge is 2.18. The summed E-state index contributed by atoms with van der Waals surface area (Å²) in [5.74, 6) is -0.188. The van der Waals surface area contributed by atoms with Crippen LogP contribution < -0.4 is 4.90 Å². The smallest absolute Gasteiger partial charge is 0.374 e. The molecule has 5 heteroatoms. The highest BCUT2D eigenvalue weighted by molar-refractivity contribution is 5.96. The summed E-state index contributed by atoms with van der Waals surface area (Å²) in [6.07, 6.45) is 0. The Labute approximate surface area is 118 Å². The lowest BCUT2D eigenvalue weighted by atomic mass is 10.1. The quantitative estimate of drug-likeness (QED) is 0.786. The van der Waals surface area contributed by atoms with Gasteiger partial charge in [0.25, 0.3) is 0 Å². The molecule has 1 aromatic carbocycles. The van der Waals surface area contributed by atoms with E-state index in [2.05, 4.69) is 4.90 Å². The number of esters is 1. The lowest BCUT2D eigenvalue weighted by Gasteiger charge is -2.18. The largest absolute Gasteiger partial charge is 0.463 e. The maximum atomic E-state index is 11.6. The number of nitrogens with zero attached hydrogens (tertiary/aromatic N) is 1. The van der Waals surface area contributed by atoms with E-state index in [1.54, 1.807) is 7.11 Å². The number of carbonyl (C=O) groups excluding carboxylic acids is 1. The number of fused-ring (bicyclic) bond motifs is 1. The normalized spacial score (nSPS) is 10.8. The van der Waals surface area contributed by atoms with Crippen LogP contribution in [0.3, 0.4) is 0 Å². The van der Waals surface area contributed by atoms with Crippen LogP contribution in [-0.2, 0) is 9.47 Å². The van der Waals surface area contributed by atoms with Crippen molar-refractivity contribution in [3.05, 3.63) is 29.5 Å². The Kier molecular flexibility index (Phi) is 4.29. The molecule has 0 saturated carbocycles. The summed E-state index contributed by atoms with van der Waals surface area (Å²) in [4.78, 5) is 13.7. The van der Waals surface area contributed by atoms with Crippen molar-refractivity contribution >= 4 is 22.6 Å². The van der Waals surface area contributed by atoms with Crippen LogP contribution in [0.25, 0.3) is 11.0 Å². The monoisotopic (exact) mass is 277 g/mol. The van der Waals surface area contributed by atoms with Gasteiger partial charge in [0.05, 0.1) is 13.7 Å². The molecule has 0 unspecified atom stereocenters. The maximum Gasteiger partial charge on any atom is 0.374 e. The summed E-state index contributed by atoms with van der Waals surface area (Å²) in [7, 11) is 5.02. The third kappa shape index (κ3) is 2.63. The molecule has 0 spiro atoms. The molecular weight excluding hydrogens is 258 g/mol. The first-order chi connectivity index (χ1) is 9.58. The lowest BCUT2D eigenvalue weighted by molar-refractivity contribution is 0.0566. The number of hydrogen-bond donors (Lipinski definition) is 0. The molecule has 0 amide bonds. The van der Waals surface area contributed by atoms with E-state index < -0.39 is 5.97 Å². The first-order valence-electron chi connectivity index (χ1n) is 6.40. The van der Waals surface area contributed by atoms with Crippen LogP contribution in [0.4, 0.5) is 5.69 Å². The zero-order valence-electron chi connectivity index (χ0n) is 12.2. The van der Waals surface area contributed by atoms with Crippen molar-refractivity contribution in [2.75, 3.05) is 39.3 Å². The van der Waals surface area contributed by atoms with Gasteiger partial charge in [0.15, 0.2) is 0 Å². The molecule has 2 rings (SSSR count). The Balaban J connectivity index is 2.38. The number of furan rings is 1. The van der Waals surface area contributed by atoms with Crippen molar-refractivity contribution in [2.45, 2.75) is 6.92 Å². The summed E-state index contributed by atoms with van der Waals surface area (Å²) in [5, 5.41) is 0.923. The molecule has 0 saturated heterocycles. The first kappa shape index (κ1) is 14.4. The van der Waals surface area contributed by atoms with Crippen LogP contribution in [0, 0.1) is 6.92 Å². The average molecular weight is 277 g/mol. The van der Waals surface area contributed by atoms with Crippen molar-refractivity contribution in [2.24, 2.45) is 0 Å². The van der Waals surface area contributed by atoms with Gasteiger partial charge < -0.3 is 18.8 Å². The molecule has 1 heterocycles. The van der Waals surface area contributed by atoms with E-state index in [0.717, 1.165) is 23.2 Å². The van der Waals surface area contributed by atoms with Gasteiger partial charge >= 0.3 is 5.97 Å². The van der Waals surface area contributed by atoms with Gasteiger partial charge in [-0.15, -0.1) is 0 Å².